The van der Waals surface area contributed by atoms with Crippen molar-refractivity contribution < 1.29 is 9.59 Å². The minimum Gasteiger partial charge on any atom is -0.274 e. The van der Waals surface area contributed by atoms with Gasteiger partial charge in [0.15, 0.2) is 0 Å². The second-order valence-electron chi connectivity index (χ2n) is 6.64. The minimum absolute atomic E-state index is 0.0166. The van der Waals surface area contributed by atoms with Gasteiger partial charge in [0.05, 0.1) is 17.5 Å². The van der Waals surface area contributed by atoms with E-state index in [0.29, 0.717) is 22.5 Å². The van der Waals surface area contributed by atoms with Crippen LogP contribution in [0.5, 0.6) is 0 Å². The molecule has 6 atom stereocenters. The highest BCUT2D eigenvalue weighted by molar-refractivity contribution is 6.30. The van der Waals surface area contributed by atoms with Gasteiger partial charge in [-0.2, -0.15) is 0 Å². The number of hydrogen-bond donors (Lipinski definition) is 0. The number of halogens is 1. The van der Waals surface area contributed by atoms with Gasteiger partial charge in [0.2, 0.25) is 11.8 Å². The maximum Gasteiger partial charge on any atom is 0.238 e. The Hall–Kier alpha value is -1.61. The van der Waals surface area contributed by atoms with Gasteiger partial charge in [0, 0.05) is 5.02 Å². The second-order valence-corrected chi connectivity index (χ2v) is 7.08. The minimum atomic E-state index is -0.132. The van der Waals surface area contributed by atoms with Crippen molar-refractivity contribution >= 4 is 29.1 Å². The first-order chi connectivity index (χ1) is 10.2. The van der Waals surface area contributed by atoms with E-state index in [2.05, 4.69) is 12.2 Å². The summed E-state index contributed by atoms with van der Waals surface area (Å²) in [6.07, 6.45) is 5.57. The van der Waals surface area contributed by atoms with Gasteiger partial charge in [-0.25, -0.2) is 0 Å². The quantitative estimate of drug-likeness (QED) is 0.591. The number of imide groups is 1. The largest absolute Gasteiger partial charge is 0.274 e. The van der Waals surface area contributed by atoms with Crippen LogP contribution in [-0.4, -0.2) is 11.8 Å². The monoisotopic (exact) mass is 299 g/mol. The number of allylic oxidation sites excluding steroid dienone is 2. The van der Waals surface area contributed by atoms with Crippen molar-refractivity contribution in [2.75, 3.05) is 4.90 Å². The van der Waals surface area contributed by atoms with Crippen LogP contribution in [0.25, 0.3) is 0 Å². The molecule has 106 valence electrons. The third-order valence-electron chi connectivity index (χ3n) is 5.75. The third kappa shape index (κ3) is 1.40. The Bertz CT molecular complexity index is 659. The number of amides is 2. The molecule has 1 aromatic carbocycles. The Morgan fingerprint density at radius 2 is 1.43 bits per heavy atom. The van der Waals surface area contributed by atoms with E-state index < -0.39 is 0 Å². The lowest BCUT2D eigenvalue weighted by Gasteiger charge is -2.37. The molecule has 0 unspecified atom stereocenters. The van der Waals surface area contributed by atoms with Crippen molar-refractivity contribution in [2.45, 2.75) is 6.42 Å². The molecule has 0 radical (unpaired) electrons. The van der Waals surface area contributed by atoms with E-state index in [1.165, 1.54) is 11.3 Å². The predicted molar refractivity (Wildman–Crippen MR) is 78.6 cm³/mol. The molecule has 21 heavy (non-hydrogen) atoms. The molecule has 6 rings (SSSR count). The van der Waals surface area contributed by atoms with Gasteiger partial charge in [0.1, 0.15) is 0 Å². The first kappa shape index (κ1) is 12.0. The Morgan fingerprint density at radius 1 is 0.905 bits per heavy atom. The van der Waals surface area contributed by atoms with Crippen LogP contribution >= 0.6 is 11.6 Å². The van der Waals surface area contributed by atoms with Gasteiger partial charge in [-0.15, -0.1) is 0 Å². The van der Waals surface area contributed by atoms with Crippen LogP contribution < -0.4 is 4.90 Å². The highest BCUT2D eigenvalue weighted by atomic mass is 35.5. The van der Waals surface area contributed by atoms with Crippen molar-refractivity contribution in [3.63, 3.8) is 0 Å². The highest BCUT2D eigenvalue weighted by Gasteiger charge is 2.67. The van der Waals surface area contributed by atoms with E-state index in [1.807, 2.05) is 0 Å². The van der Waals surface area contributed by atoms with Gasteiger partial charge in [-0.05, 0) is 54.4 Å². The summed E-state index contributed by atoms with van der Waals surface area (Å²) in [5.41, 5.74) is 0.650. The maximum absolute atomic E-state index is 12.8. The van der Waals surface area contributed by atoms with Gasteiger partial charge < -0.3 is 0 Å². The van der Waals surface area contributed by atoms with E-state index in [9.17, 15) is 9.59 Å². The van der Waals surface area contributed by atoms with Crippen LogP contribution in [-0.2, 0) is 9.59 Å². The van der Waals surface area contributed by atoms with Crippen LogP contribution in [0.1, 0.15) is 6.42 Å². The highest BCUT2D eigenvalue weighted by Crippen LogP contribution is 2.65. The molecule has 2 saturated carbocycles. The summed E-state index contributed by atoms with van der Waals surface area (Å²) < 4.78 is 0. The molecule has 0 spiro atoms. The van der Waals surface area contributed by atoms with E-state index in [-0.39, 0.29) is 35.5 Å². The van der Waals surface area contributed by atoms with Crippen LogP contribution in [0.2, 0.25) is 5.02 Å². The summed E-state index contributed by atoms with van der Waals surface area (Å²) in [4.78, 5) is 27.0. The Kier molecular flexibility index (Phi) is 2.15. The average Bonchev–Trinajstić information content (AvgIpc) is 3.26. The fraction of sp³-hybridized carbons (Fsp3) is 0.412. The van der Waals surface area contributed by atoms with Crippen molar-refractivity contribution in [1.29, 1.82) is 0 Å². The summed E-state index contributed by atoms with van der Waals surface area (Å²) in [5.74, 6) is 1.54. The smallest absolute Gasteiger partial charge is 0.238 e. The van der Waals surface area contributed by atoms with Crippen LogP contribution in [0.4, 0.5) is 5.69 Å². The summed E-state index contributed by atoms with van der Waals surface area (Å²) in [5, 5.41) is 0.609. The second kappa shape index (κ2) is 3.77. The normalized spacial score (nSPS) is 42.2. The lowest BCUT2D eigenvalue weighted by atomic mass is 9.63. The third-order valence-corrected chi connectivity index (χ3v) is 6.00. The molecule has 1 aromatic rings. The number of benzene rings is 1. The summed E-state index contributed by atoms with van der Waals surface area (Å²) in [6, 6.07) is 6.96. The summed E-state index contributed by atoms with van der Waals surface area (Å²) in [6.45, 7) is 0. The molecule has 4 heteroatoms. The first-order valence-corrected chi connectivity index (χ1v) is 7.86. The van der Waals surface area contributed by atoms with Crippen molar-refractivity contribution in [3.8, 4) is 0 Å². The average molecular weight is 300 g/mol. The Labute approximate surface area is 127 Å². The molecule has 4 aliphatic carbocycles. The molecule has 3 nitrogen and oxygen atoms in total. The summed E-state index contributed by atoms with van der Waals surface area (Å²) >= 11 is 5.90. The molecule has 0 N–H and O–H groups in total. The van der Waals surface area contributed by atoms with Gasteiger partial charge >= 0.3 is 0 Å². The fourth-order valence-electron chi connectivity index (χ4n) is 4.80. The number of carbonyl (C=O) groups excluding carboxylic acids is 2. The van der Waals surface area contributed by atoms with Gasteiger partial charge in [-0.3, -0.25) is 14.5 Å². The predicted octanol–water partition coefficient (Wildman–Crippen LogP) is 2.90. The lowest BCUT2D eigenvalue weighted by Crippen LogP contribution is -2.40. The van der Waals surface area contributed by atoms with Gasteiger partial charge in [-0.1, -0.05) is 23.8 Å². The molecule has 5 aliphatic rings. The topological polar surface area (TPSA) is 37.4 Å². The fourth-order valence-corrected chi connectivity index (χ4v) is 4.93. The maximum atomic E-state index is 12.8. The Balaban J connectivity index is 1.58. The van der Waals surface area contributed by atoms with Crippen LogP contribution in [0.3, 0.4) is 0 Å². The van der Waals surface area contributed by atoms with Crippen molar-refractivity contribution in [2.24, 2.45) is 35.5 Å². The van der Waals surface area contributed by atoms with E-state index >= 15 is 0 Å². The Morgan fingerprint density at radius 3 is 1.95 bits per heavy atom. The van der Waals surface area contributed by atoms with E-state index in [4.69, 9.17) is 11.6 Å². The molecular formula is C17H14ClNO2. The SMILES string of the molecule is O=C1[C@@H]2[C@H]3C=C[C@H]([C@@H]4C[C@H]34)[C@@H]2C(=O)N1c1ccc(Cl)cc1. The molecule has 1 saturated heterocycles. The number of carbonyl (C=O) groups is 2. The number of rotatable bonds is 1. The molecular weight excluding hydrogens is 286 g/mol. The van der Waals surface area contributed by atoms with Gasteiger partial charge in [0.25, 0.3) is 0 Å². The van der Waals surface area contributed by atoms with Crippen molar-refractivity contribution in [1.82, 2.24) is 0 Å². The lowest BCUT2D eigenvalue weighted by molar-refractivity contribution is -0.124. The standard InChI is InChI=1S/C17H14ClNO2/c18-8-1-3-9(4-2-8)19-16(20)14-10-5-6-11(13-7-12(10)13)15(14)17(19)21/h1-6,10-15H,7H2/t10-,11+,12+,13-,14+,15-. The molecule has 2 amide bonds. The molecule has 1 aliphatic heterocycles. The zero-order valence-electron chi connectivity index (χ0n) is 11.3. The number of nitrogens with zero attached hydrogens (tertiary/aromatic N) is 1. The number of hydrogen-bond acceptors (Lipinski definition) is 2. The first-order valence-electron chi connectivity index (χ1n) is 7.48. The van der Waals surface area contributed by atoms with E-state index in [1.54, 1.807) is 24.3 Å². The zero-order valence-corrected chi connectivity index (χ0v) is 12.0. The molecule has 1 heterocycles. The zero-order chi connectivity index (χ0) is 14.3. The summed E-state index contributed by atoms with van der Waals surface area (Å²) in [7, 11) is 0. The van der Waals surface area contributed by atoms with E-state index in [0.717, 1.165) is 0 Å². The molecule has 2 bridgehead atoms. The molecule has 3 fully saturated rings. The van der Waals surface area contributed by atoms with Crippen LogP contribution in [0, 0.1) is 35.5 Å². The number of anilines is 1. The van der Waals surface area contributed by atoms with Crippen LogP contribution in [0.15, 0.2) is 36.4 Å². The molecule has 0 aromatic heterocycles. The van der Waals surface area contributed by atoms with Crippen molar-refractivity contribution in [3.05, 3.63) is 41.4 Å².